The number of carbonyl (C=O) groups is 2. The first kappa shape index (κ1) is 18.9. The second-order valence-corrected chi connectivity index (χ2v) is 7.16. The van der Waals surface area contributed by atoms with Crippen molar-refractivity contribution in [2.24, 2.45) is 0 Å². The molecule has 9 nitrogen and oxygen atoms in total. The highest BCUT2D eigenvalue weighted by Crippen LogP contribution is 2.10. The molecule has 0 radical (unpaired) electrons. The van der Waals surface area contributed by atoms with E-state index in [0.717, 1.165) is 11.1 Å². The third-order valence-electron chi connectivity index (χ3n) is 5.16. The molecule has 2 amide bonds. The maximum atomic E-state index is 12.8. The zero-order valence-corrected chi connectivity index (χ0v) is 16.1. The summed E-state index contributed by atoms with van der Waals surface area (Å²) < 4.78 is 3.17. The first-order valence-corrected chi connectivity index (χ1v) is 9.55. The number of aryl methyl sites for hydroxylation is 1. The molecule has 1 unspecified atom stereocenters. The van der Waals surface area contributed by atoms with Gasteiger partial charge >= 0.3 is 0 Å². The number of carbonyl (C=O) groups excluding carboxylic acids is 2. The molecule has 2 aromatic heterocycles. The van der Waals surface area contributed by atoms with Gasteiger partial charge in [0.25, 0.3) is 5.56 Å². The molecule has 1 aromatic carbocycles. The molecule has 0 bridgehead atoms. The van der Waals surface area contributed by atoms with Crippen LogP contribution in [0.1, 0.15) is 24.0 Å². The first-order valence-electron chi connectivity index (χ1n) is 9.55. The largest absolute Gasteiger partial charge is 0.352 e. The normalized spacial score (nSPS) is 16.2. The Balaban J connectivity index is 1.44. The molecular formula is C20H22N6O3. The molecule has 1 atom stereocenters. The van der Waals surface area contributed by atoms with Gasteiger partial charge in [0.05, 0.1) is 19.3 Å². The van der Waals surface area contributed by atoms with Gasteiger partial charge in [-0.25, -0.2) is 9.67 Å². The Morgan fingerprint density at radius 3 is 2.90 bits per heavy atom. The summed E-state index contributed by atoms with van der Waals surface area (Å²) in [6.45, 7) is 3.17. The van der Waals surface area contributed by atoms with Gasteiger partial charge in [-0.05, 0) is 24.5 Å². The molecule has 0 aliphatic carbocycles. The molecule has 1 aliphatic heterocycles. The van der Waals surface area contributed by atoms with E-state index in [1.807, 2.05) is 31.2 Å². The van der Waals surface area contributed by atoms with Crippen molar-refractivity contribution in [2.45, 2.75) is 38.9 Å². The van der Waals surface area contributed by atoms with Crippen LogP contribution in [0, 0.1) is 6.92 Å². The lowest BCUT2D eigenvalue weighted by Crippen LogP contribution is -2.42. The van der Waals surface area contributed by atoms with Crippen LogP contribution < -0.4 is 16.2 Å². The highest BCUT2D eigenvalue weighted by molar-refractivity contribution is 5.90. The molecule has 9 heteroatoms. The number of rotatable bonds is 6. The van der Waals surface area contributed by atoms with Crippen LogP contribution in [0.2, 0.25) is 0 Å². The fourth-order valence-electron chi connectivity index (χ4n) is 3.46. The van der Waals surface area contributed by atoms with E-state index in [0.29, 0.717) is 43.5 Å². The van der Waals surface area contributed by atoms with Crippen molar-refractivity contribution in [1.29, 1.82) is 0 Å². The van der Waals surface area contributed by atoms with E-state index >= 15 is 0 Å². The van der Waals surface area contributed by atoms with E-state index in [1.165, 1.54) is 12.5 Å². The summed E-state index contributed by atoms with van der Waals surface area (Å²) in [6, 6.07) is 7.44. The molecule has 4 rings (SSSR count). The predicted molar refractivity (Wildman–Crippen MR) is 106 cm³/mol. The van der Waals surface area contributed by atoms with Crippen LogP contribution in [-0.4, -0.2) is 43.7 Å². The van der Waals surface area contributed by atoms with Gasteiger partial charge in [0.1, 0.15) is 17.8 Å². The maximum absolute atomic E-state index is 12.8. The summed E-state index contributed by atoms with van der Waals surface area (Å²) in [5.74, 6) is -0.310. The first-order chi connectivity index (χ1) is 14.0. The molecular weight excluding hydrogens is 372 g/mol. The Bertz CT molecular complexity index is 1130. The lowest BCUT2D eigenvalue weighted by Gasteiger charge is -2.11. The summed E-state index contributed by atoms with van der Waals surface area (Å²) in [5.41, 5.74) is 2.51. The minimum absolute atomic E-state index is 0.102. The van der Waals surface area contributed by atoms with Crippen molar-refractivity contribution in [3.05, 3.63) is 58.3 Å². The lowest BCUT2D eigenvalue weighted by molar-refractivity contribution is -0.125. The van der Waals surface area contributed by atoms with Gasteiger partial charge in [-0.1, -0.05) is 24.3 Å². The topological polar surface area (TPSA) is 111 Å². The van der Waals surface area contributed by atoms with Crippen LogP contribution in [0.25, 0.3) is 11.0 Å². The van der Waals surface area contributed by atoms with Crippen molar-refractivity contribution in [3.63, 3.8) is 0 Å². The van der Waals surface area contributed by atoms with Gasteiger partial charge in [0.15, 0.2) is 5.65 Å². The zero-order chi connectivity index (χ0) is 20.4. The second-order valence-electron chi connectivity index (χ2n) is 7.16. The number of aromatic nitrogens is 4. The smallest absolute Gasteiger partial charge is 0.264 e. The highest BCUT2D eigenvalue weighted by atomic mass is 16.2. The van der Waals surface area contributed by atoms with Gasteiger partial charge in [-0.3, -0.25) is 19.0 Å². The molecule has 1 saturated heterocycles. The highest BCUT2D eigenvalue weighted by Gasteiger charge is 2.26. The lowest BCUT2D eigenvalue weighted by atomic mass is 10.1. The number of amides is 2. The van der Waals surface area contributed by atoms with Crippen molar-refractivity contribution in [1.82, 2.24) is 30.0 Å². The predicted octanol–water partition coefficient (Wildman–Crippen LogP) is 0.345. The Labute approximate surface area is 166 Å². The van der Waals surface area contributed by atoms with Crippen molar-refractivity contribution >= 4 is 22.8 Å². The fraction of sp³-hybridized carbons (Fsp3) is 0.350. The van der Waals surface area contributed by atoms with E-state index < -0.39 is 6.04 Å². The molecule has 3 aromatic rings. The van der Waals surface area contributed by atoms with E-state index in [2.05, 4.69) is 20.7 Å². The summed E-state index contributed by atoms with van der Waals surface area (Å²) in [6.07, 6.45) is 3.93. The Hall–Kier alpha value is -3.49. The third-order valence-corrected chi connectivity index (χ3v) is 5.16. The van der Waals surface area contributed by atoms with Crippen LogP contribution in [0.15, 0.2) is 41.6 Å². The average molecular weight is 394 g/mol. The average Bonchev–Trinajstić information content (AvgIpc) is 3.32. The monoisotopic (exact) mass is 394 g/mol. The molecule has 3 heterocycles. The quantitative estimate of drug-likeness (QED) is 0.627. The van der Waals surface area contributed by atoms with Crippen molar-refractivity contribution < 1.29 is 9.59 Å². The van der Waals surface area contributed by atoms with Crippen LogP contribution in [0.5, 0.6) is 0 Å². The van der Waals surface area contributed by atoms with Gasteiger partial charge < -0.3 is 10.6 Å². The Kier molecular flexibility index (Phi) is 5.11. The minimum atomic E-state index is -0.469. The molecule has 1 fully saturated rings. The van der Waals surface area contributed by atoms with Crippen LogP contribution in [-0.2, 0) is 22.7 Å². The van der Waals surface area contributed by atoms with Gasteiger partial charge in [-0.15, -0.1) is 0 Å². The Morgan fingerprint density at radius 2 is 2.14 bits per heavy atom. The van der Waals surface area contributed by atoms with Gasteiger partial charge in [-0.2, -0.15) is 5.10 Å². The number of nitrogens with one attached hydrogen (secondary N) is 2. The number of benzene rings is 1. The Morgan fingerprint density at radius 1 is 1.31 bits per heavy atom. The molecule has 29 heavy (non-hydrogen) atoms. The summed E-state index contributed by atoms with van der Waals surface area (Å²) >= 11 is 0. The third kappa shape index (κ3) is 3.89. The summed E-state index contributed by atoms with van der Waals surface area (Å²) in [5, 5.41) is 10.1. The van der Waals surface area contributed by atoms with Gasteiger partial charge in [0, 0.05) is 13.0 Å². The fourth-order valence-corrected chi connectivity index (χ4v) is 3.46. The molecule has 0 saturated carbocycles. The van der Waals surface area contributed by atoms with Crippen LogP contribution >= 0.6 is 0 Å². The van der Waals surface area contributed by atoms with Gasteiger partial charge in [0.2, 0.25) is 11.8 Å². The second kappa shape index (κ2) is 7.86. The summed E-state index contributed by atoms with van der Waals surface area (Å²) in [4.78, 5) is 40.5. The SMILES string of the molecule is Cc1ccccc1Cn1cnc2c(cnn2CCNC(=O)C2CCC(=O)N2)c1=O. The van der Waals surface area contributed by atoms with Crippen LogP contribution in [0.3, 0.4) is 0 Å². The van der Waals surface area contributed by atoms with Crippen LogP contribution in [0.4, 0.5) is 0 Å². The number of hydrogen-bond donors (Lipinski definition) is 2. The standard InChI is InChI=1S/C20H22N6O3/c1-13-4-2-3-5-14(13)11-25-12-22-18-15(20(25)29)10-23-26(18)9-8-21-19(28)16-6-7-17(27)24-16/h2-5,10,12,16H,6-9,11H2,1H3,(H,21,28)(H,24,27). The van der Waals surface area contributed by atoms with Crippen molar-refractivity contribution in [3.8, 4) is 0 Å². The zero-order valence-electron chi connectivity index (χ0n) is 16.1. The minimum Gasteiger partial charge on any atom is -0.352 e. The number of fused-ring (bicyclic) bond motifs is 1. The van der Waals surface area contributed by atoms with E-state index in [9.17, 15) is 14.4 Å². The van der Waals surface area contributed by atoms with Crippen molar-refractivity contribution in [2.75, 3.05) is 6.54 Å². The summed E-state index contributed by atoms with van der Waals surface area (Å²) in [7, 11) is 0. The molecule has 150 valence electrons. The van der Waals surface area contributed by atoms with E-state index in [4.69, 9.17) is 0 Å². The number of hydrogen-bond acceptors (Lipinski definition) is 5. The maximum Gasteiger partial charge on any atom is 0.264 e. The molecule has 0 spiro atoms. The van der Waals surface area contributed by atoms with E-state index in [1.54, 1.807) is 9.25 Å². The molecule has 1 aliphatic rings. The number of nitrogens with zero attached hydrogens (tertiary/aromatic N) is 4. The van der Waals surface area contributed by atoms with E-state index in [-0.39, 0.29) is 17.4 Å². The molecule has 2 N–H and O–H groups in total.